The Kier molecular flexibility index (Phi) is 5.36. The highest BCUT2D eigenvalue weighted by atomic mass is 16.6. The highest BCUT2D eigenvalue weighted by Crippen LogP contribution is 2.45. The van der Waals surface area contributed by atoms with Crippen LogP contribution >= 0.6 is 0 Å². The number of furan rings is 1. The zero-order valence-electron chi connectivity index (χ0n) is 20.3. The number of Topliss-reactive ketones (excluding diaryl/α,β-unsaturated/α-hetero) is 1. The fourth-order valence-corrected chi connectivity index (χ4v) is 6.48. The van der Waals surface area contributed by atoms with Gasteiger partial charge in [0, 0.05) is 17.2 Å². The van der Waals surface area contributed by atoms with Crippen molar-refractivity contribution in [1.29, 1.82) is 0 Å². The highest BCUT2D eigenvalue weighted by molar-refractivity contribution is 6.08. The smallest absolute Gasteiger partial charge is 0.410 e. The first-order valence-corrected chi connectivity index (χ1v) is 12.9. The van der Waals surface area contributed by atoms with E-state index in [0.717, 1.165) is 5.39 Å². The fourth-order valence-electron chi connectivity index (χ4n) is 6.48. The number of morpholine rings is 1. The lowest BCUT2D eigenvalue weighted by Gasteiger charge is -2.47. The molecule has 1 aromatic heterocycles. The number of rotatable bonds is 4. The SMILES string of the molecule is O=C(c1coc2ccccc12)C1CC2COCC(C1)N2C(=O)OCC1c2ccccc2-c2ccccc21. The maximum Gasteiger partial charge on any atom is 0.410 e. The molecular weight excluding hydrogens is 466 g/mol. The minimum atomic E-state index is -0.320. The monoisotopic (exact) mass is 493 g/mol. The van der Waals surface area contributed by atoms with Crippen molar-refractivity contribution in [3.63, 3.8) is 0 Å². The number of para-hydroxylation sites is 1. The third kappa shape index (κ3) is 3.66. The molecule has 6 heteroatoms. The summed E-state index contributed by atoms with van der Waals surface area (Å²) in [4.78, 5) is 28.7. The van der Waals surface area contributed by atoms with Gasteiger partial charge in [0.15, 0.2) is 5.78 Å². The molecule has 37 heavy (non-hydrogen) atoms. The van der Waals surface area contributed by atoms with Crippen molar-refractivity contribution in [1.82, 2.24) is 4.90 Å². The molecule has 2 fully saturated rings. The summed E-state index contributed by atoms with van der Waals surface area (Å²) in [6.07, 6.45) is 2.36. The lowest BCUT2D eigenvalue weighted by atomic mass is 9.81. The number of amides is 1. The van der Waals surface area contributed by atoms with Crippen molar-refractivity contribution < 1.29 is 23.5 Å². The number of fused-ring (bicyclic) bond motifs is 6. The molecular formula is C31H27NO5. The zero-order valence-corrected chi connectivity index (χ0v) is 20.3. The van der Waals surface area contributed by atoms with E-state index in [0.29, 0.717) is 37.2 Å². The second-order valence-corrected chi connectivity index (χ2v) is 10.2. The molecule has 3 aliphatic rings. The predicted octanol–water partition coefficient (Wildman–Crippen LogP) is 6.04. The first kappa shape index (κ1) is 22.3. The average Bonchev–Trinajstić information content (AvgIpc) is 3.50. The molecule has 0 radical (unpaired) electrons. The van der Waals surface area contributed by atoms with E-state index in [2.05, 4.69) is 24.3 Å². The van der Waals surface area contributed by atoms with E-state index in [1.165, 1.54) is 22.3 Å². The highest BCUT2D eigenvalue weighted by Gasteiger charge is 2.45. The average molecular weight is 494 g/mol. The maximum absolute atomic E-state index is 13.5. The van der Waals surface area contributed by atoms with Crippen LogP contribution in [-0.2, 0) is 9.47 Å². The van der Waals surface area contributed by atoms with E-state index in [9.17, 15) is 9.59 Å². The van der Waals surface area contributed by atoms with Gasteiger partial charge in [-0.25, -0.2) is 4.79 Å². The van der Waals surface area contributed by atoms with Crippen molar-refractivity contribution in [3.8, 4) is 11.1 Å². The van der Waals surface area contributed by atoms with Crippen LogP contribution in [0.15, 0.2) is 83.5 Å². The van der Waals surface area contributed by atoms with Gasteiger partial charge in [0.25, 0.3) is 0 Å². The van der Waals surface area contributed by atoms with E-state index in [4.69, 9.17) is 13.9 Å². The van der Waals surface area contributed by atoms with Gasteiger partial charge in [-0.1, -0.05) is 66.7 Å². The van der Waals surface area contributed by atoms with Crippen LogP contribution in [0.25, 0.3) is 22.1 Å². The van der Waals surface area contributed by atoms with Crippen molar-refractivity contribution in [3.05, 3.63) is 95.7 Å². The first-order valence-electron chi connectivity index (χ1n) is 12.9. The largest absolute Gasteiger partial charge is 0.464 e. The Labute approximate surface area is 214 Å². The molecule has 2 atom stereocenters. The third-order valence-corrected chi connectivity index (χ3v) is 8.18. The molecule has 2 saturated heterocycles. The molecule has 3 heterocycles. The molecule has 2 unspecified atom stereocenters. The standard InChI is InChI=1S/C31H27NO5/c33-30(28-18-36-29-12-6-5-11-26(28)29)19-13-20-15-35-16-21(14-19)32(20)31(34)37-17-27-24-9-3-1-7-22(24)23-8-2-4-10-25(23)27/h1-12,18-21,27H,13-17H2. The molecule has 4 aromatic rings. The minimum Gasteiger partial charge on any atom is -0.464 e. The number of piperidine rings is 1. The van der Waals surface area contributed by atoms with Crippen LogP contribution in [0.2, 0.25) is 0 Å². The Bertz CT molecular complexity index is 1450. The minimum absolute atomic E-state index is 0.0147. The van der Waals surface area contributed by atoms with Crippen LogP contribution in [0.5, 0.6) is 0 Å². The molecule has 1 aliphatic carbocycles. The fraction of sp³-hybridized carbons (Fsp3) is 0.290. The summed E-state index contributed by atoms with van der Waals surface area (Å²) < 4.78 is 17.4. The molecule has 0 N–H and O–H groups in total. The number of benzene rings is 3. The predicted molar refractivity (Wildman–Crippen MR) is 139 cm³/mol. The van der Waals surface area contributed by atoms with E-state index < -0.39 is 0 Å². The number of carbonyl (C=O) groups is 2. The summed E-state index contributed by atoms with van der Waals surface area (Å²) in [6.45, 7) is 1.11. The van der Waals surface area contributed by atoms with E-state index >= 15 is 0 Å². The number of hydrogen-bond acceptors (Lipinski definition) is 5. The molecule has 186 valence electrons. The maximum atomic E-state index is 13.5. The number of hydrogen-bond donors (Lipinski definition) is 0. The van der Waals surface area contributed by atoms with Crippen LogP contribution in [0.1, 0.15) is 40.2 Å². The van der Waals surface area contributed by atoms with Gasteiger partial charge in [0.2, 0.25) is 0 Å². The Morgan fingerprint density at radius 2 is 1.46 bits per heavy atom. The van der Waals surface area contributed by atoms with E-state index in [1.807, 2.05) is 53.4 Å². The van der Waals surface area contributed by atoms with Crippen LogP contribution in [-0.4, -0.2) is 48.7 Å². The summed E-state index contributed by atoms with van der Waals surface area (Å²) in [7, 11) is 0. The molecule has 7 rings (SSSR count). The van der Waals surface area contributed by atoms with Gasteiger partial charge in [0.05, 0.1) is 30.9 Å². The molecule has 0 spiro atoms. The first-order chi connectivity index (χ1) is 18.2. The topological polar surface area (TPSA) is 69.0 Å². The van der Waals surface area contributed by atoms with Crippen molar-refractivity contribution in [2.75, 3.05) is 19.8 Å². The van der Waals surface area contributed by atoms with Gasteiger partial charge >= 0.3 is 6.09 Å². The van der Waals surface area contributed by atoms with Gasteiger partial charge in [-0.2, -0.15) is 0 Å². The second-order valence-electron chi connectivity index (χ2n) is 10.2. The van der Waals surface area contributed by atoms with Crippen molar-refractivity contribution >= 4 is 22.8 Å². The van der Waals surface area contributed by atoms with Gasteiger partial charge < -0.3 is 13.9 Å². The summed E-state index contributed by atoms with van der Waals surface area (Å²) in [6, 6.07) is 23.9. The lowest BCUT2D eigenvalue weighted by molar-refractivity contribution is -0.0747. The molecule has 0 saturated carbocycles. The number of nitrogens with zero attached hydrogens (tertiary/aromatic N) is 1. The number of ketones is 1. The van der Waals surface area contributed by atoms with E-state index in [1.54, 1.807) is 6.26 Å². The summed E-state index contributed by atoms with van der Waals surface area (Å²) in [5, 5.41) is 0.841. The molecule has 3 aromatic carbocycles. The van der Waals surface area contributed by atoms with Gasteiger partial charge in [-0.05, 0) is 41.2 Å². The van der Waals surface area contributed by atoms with Crippen LogP contribution < -0.4 is 0 Å². The van der Waals surface area contributed by atoms with Gasteiger partial charge in [-0.15, -0.1) is 0 Å². The molecule has 1 amide bonds. The van der Waals surface area contributed by atoms with Crippen LogP contribution in [0.3, 0.4) is 0 Å². The van der Waals surface area contributed by atoms with Crippen LogP contribution in [0.4, 0.5) is 4.79 Å². The van der Waals surface area contributed by atoms with Crippen LogP contribution in [0, 0.1) is 5.92 Å². The Balaban J connectivity index is 1.08. The molecule has 6 nitrogen and oxygen atoms in total. The summed E-state index contributed by atoms with van der Waals surface area (Å²) in [5.41, 5.74) is 6.12. The van der Waals surface area contributed by atoms with Crippen molar-refractivity contribution in [2.24, 2.45) is 5.92 Å². The Hall–Kier alpha value is -3.90. The Morgan fingerprint density at radius 1 is 0.838 bits per heavy atom. The number of ether oxygens (including phenoxy) is 2. The third-order valence-electron chi connectivity index (χ3n) is 8.18. The summed E-state index contributed by atoms with van der Waals surface area (Å²) >= 11 is 0. The lowest BCUT2D eigenvalue weighted by Crippen LogP contribution is -2.60. The normalized spacial score (nSPS) is 22.5. The molecule has 2 bridgehead atoms. The van der Waals surface area contributed by atoms with Crippen molar-refractivity contribution in [2.45, 2.75) is 30.8 Å². The zero-order chi connectivity index (χ0) is 24.9. The van der Waals surface area contributed by atoms with Gasteiger partial charge in [0.1, 0.15) is 18.5 Å². The second kappa shape index (κ2) is 8.89. The molecule has 2 aliphatic heterocycles. The van der Waals surface area contributed by atoms with Gasteiger partial charge in [-0.3, -0.25) is 9.69 Å². The number of carbonyl (C=O) groups excluding carboxylic acids is 2. The summed E-state index contributed by atoms with van der Waals surface area (Å²) in [5.74, 6) is -0.0903. The quantitative estimate of drug-likeness (QED) is 0.324. The Morgan fingerprint density at radius 3 is 2.16 bits per heavy atom. The van der Waals surface area contributed by atoms with E-state index in [-0.39, 0.29) is 42.4 Å².